The van der Waals surface area contributed by atoms with Gasteiger partial charge in [0.2, 0.25) is 0 Å². The summed E-state index contributed by atoms with van der Waals surface area (Å²) in [6, 6.07) is 9.08. The highest BCUT2D eigenvalue weighted by Gasteiger charge is 2.28. The molecule has 2 atom stereocenters. The predicted octanol–water partition coefficient (Wildman–Crippen LogP) is 2.02. The quantitative estimate of drug-likeness (QED) is 0.473. The van der Waals surface area contributed by atoms with Crippen LogP contribution in [0, 0.1) is 0 Å². The molecule has 10 nitrogen and oxygen atoms in total. The van der Waals surface area contributed by atoms with Crippen LogP contribution in [0.2, 0.25) is 0 Å². The van der Waals surface area contributed by atoms with Crippen molar-refractivity contribution in [2.75, 3.05) is 17.3 Å². The predicted molar refractivity (Wildman–Crippen MR) is 120 cm³/mol. The number of amides is 2. The summed E-state index contributed by atoms with van der Waals surface area (Å²) in [5.74, 6) is -3.47. The van der Waals surface area contributed by atoms with Crippen LogP contribution < -0.4 is 15.5 Å². The van der Waals surface area contributed by atoms with E-state index in [1.54, 1.807) is 19.2 Å². The fraction of sp³-hybridized carbons (Fsp3) is 0.286. The summed E-state index contributed by atoms with van der Waals surface area (Å²) in [4.78, 5) is 53.6. The lowest BCUT2D eigenvalue weighted by Gasteiger charge is -2.25. The van der Waals surface area contributed by atoms with E-state index in [0.29, 0.717) is 16.3 Å². The Morgan fingerprint density at radius 3 is 2.59 bits per heavy atom. The Morgan fingerprint density at radius 1 is 1.19 bits per heavy atom. The topological polar surface area (TPSA) is 148 Å². The van der Waals surface area contributed by atoms with Crippen LogP contribution in [0.4, 0.5) is 10.7 Å². The molecule has 0 bridgehead atoms. The van der Waals surface area contributed by atoms with Crippen molar-refractivity contribution in [3.8, 4) is 0 Å². The molecule has 4 N–H and O–H groups in total. The Bertz CT molecular complexity index is 1100. The van der Waals surface area contributed by atoms with Crippen LogP contribution in [-0.4, -0.2) is 58.9 Å². The van der Waals surface area contributed by atoms with Gasteiger partial charge in [-0.15, -0.1) is 11.3 Å². The molecular formula is C21H22N4O6S. The first-order chi connectivity index (χ1) is 15.2. The molecule has 3 rings (SSSR count). The lowest BCUT2D eigenvalue weighted by molar-refractivity contribution is -0.140. The largest absolute Gasteiger partial charge is 0.481 e. The first-order valence-electron chi connectivity index (χ1n) is 9.74. The molecule has 2 amide bonds. The van der Waals surface area contributed by atoms with Gasteiger partial charge in [-0.25, -0.2) is 4.79 Å². The van der Waals surface area contributed by atoms with Gasteiger partial charge in [0, 0.05) is 24.7 Å². The second-order valence-corrected chi connectivity index (χ2v) is 8.20. The third-order valence-electron chi connectivity index (χ3n) is 4.77. The zero-order valence-corrected chi connectivity index (χ0v) is 18.2. The zero-order valence-electron chi connectivity index (χ0n) is 17.4. The van der Waals surface area contributed by atoms with E-state index in [-0.39, 0.29) is 29.8 Å². The highest BCUT2D eigenvalue weighted by molar-refractivity contribution is 7.18. The summed E-state index contributed by atoms with van der Waals surface area (Å²) in [5.41, 5.74) is 1.78. The molecule has 1 unspecified atom stereocenters. The van der Waals surface area contributed by atoms with Gasteiger partial charge in [0.1, 0.15) is 17.9 Å². The number of anilines is 2. The van der Waals surface area contributed by atoms with Crippen LogP contribution in [0.3, 0.4) is 0 Å². The Balaban J connectivity index is 1.74. The molecule has 0 aliphatic carbocycles. The number of hydrogen-bond donors (Lipinski definition) is 4. The Labute approximate surface area is 187 Å². The van der Waals surface area contributed by atoms with Crippen LogP contribution in [0.15, 0.2) is 41.4 Å². The monoisotopic (exact) mass is 458 g/mol. The van der Waals surface area contributed by atoms with E-state index in [0.717, 1.165) is 17.0 Å². The third kappa shape index (κ3) is 5.11. The number of aliphatic imine (C=N–C) groups is 1. The van der Waals surface area contributed by atoms with Crippen molar-refractivity contribution in [3.63, 3.8) is 0 Å². The average molecular weight is 458 g/mol. The number of aliphatic carboxylic acids is 2. The second kappa shape index (κ2) is 9.60. The number of carboxylic acid groups (broad SMARTS) is 2. The number of thiophene rings is 1. The molecular weight excluding hydrogens is 436 g/mol. The second-order valence-electron chi connectivity index (χ2n) is 7.14. The van der Waals surface area contributed by atoms with Crippen molar-refractivity contribution in [2.24, 2.45) is 4.99 Å². The number of para-hydroxylation sites is 1. The van der Waals surface area contributed by atoms with Gasteiger partial charge in [-0.3, -0.25) is 19.4 Å². The van der Waals surface area contributed by atoms with Crippen molar-refractivity contribution in [3.05, 3.63) is 46.8 Å². The van der Waals surface area contributed by atoms with E-state index < -0.39 is 23.9 Å². The number of nitrogens with zero attached hydrogens (tertiary/aromatic N) is 2. The lowest BCUT2D eigenvalue weighted by atomic mass is 10.0. The van der Waals surface area contributed by atoms with E-state index >= 15 is 0 Å². The Morgan fingerprint density at radius 2 is 1.91 bits per heavy atom. The first-order valence-corrected chi connectivity index (χ1v) is 10.6. The SMILES string of the molecule is CC1N=C(C(=O)N(C)c2ccc(C(=O)N[C@@H](CCC(=O)O)C(=O)O)s2)c2ccccc2N1. The van der Waals surface area contributed by atoms with Gasteiger partial charge in [0.15, 0.2) is 0 Å². The molecule has 0 spiro atoms. The van der Waals surface area contributed by atoms with Crippen molar-refractivity contribution in [1.82, 2.24) is 5.32 Å². The van der Waals surface area contributed by atoms with Crippen LogP contribution in [0.25, 0.3) is 0 Å². The summed E-state index contributed by atoms with van der Waals surface area (Å²) in [5, 5.41) is 24.0. The molecule has 2 heterocycles. The van der Waals surface area contributed by atoms with Crippen molar-refractivity contribution >= 4 is 51.5 Å². The Hall–Kier alpha value is -3.73. The molecule has 0 radical (unpaired) electrons. The first kappa shape index (κ1) is 22.9. The van der Waals surface area contributed by atoms with E-state index in [1.165, 1.54) is 11.0 Å². The number of likely N-dealkylation sites (N-methyl/N-ethyl adjacent to an activating group) is 1. The molecule has 11 heteroatoms. The normalized spacial score (nSPS) is 15.6. The number of benzene rings is 1. The van der Waals surface area contributed by atoms with E-state index in [4.69, 9.17) is 5.11 Å². The average Bonchev–Trinajstić information content (AvgIpc) is 3.24. The summed E-state index contributed by atoms with van der Waals surface area (Å²) in [6.45, 7) is 1.83. The molecule has 1 aliphatic rings. The van der Waals surface area contributed by atoms with E-state index in [2.05, 4.69) is 15.6 Å². The maximum atomic E-state index is 13.1. The van der Waals surface area contributed by atoms with Gasteiger partial charge in [0.25, 0.3) is 11.8 Å². The minimum Gasteiger partial charge on any atom is -0.481 e. The minimum atomic E-state index is -1.33. The highest BCUT2D eigenvalue weighted by atomic mass is 32.1. The van der Waals surface area contributed by atoms with E-state index in [9.17, 15) is 24.3 Å². The van der Waals surface area contributed by atoms with Gasteiger partial charge in [-0.05, 0) is 31.5 Å². The van der Waals surface area contributed by atoms with Crippen molar-refractivity contribution < 1.29 is 29.4 Å². The summed E-state index contributed by atoms with van der Waals surface area (Å²) < 4.78 is 0. The molecule has 0 saturated carbocycles. The van der Waals surface area contributed by atoms with Crippen molar-refractivity contribution in [2.45, 2.75) is 32.0 Å². The third-order valence-corrected chi connectivity index (χ3v) is 5.93. The number of nitrogens with one attached hydrogen (secondary N) is 2. The number of fused-ring (bicyclic) bond motifs is 1. The zero-order chi connectivity index (χ0) is 23.4. The van der Waals surface area contributed by atoms with Crippen LogP contribution in [0.1, 0.15) is 35.0 Å². The lowest BCUT2D eigenvalue weighted by Crippen LogP contribution is -2.40. The number of hydrogen-bond acceptors (Lipinski definition) is 7. The number of carbonyl (C=O) groups is 4. The number of carboxylic acids is 2. The highest BCUT2D eigenvalue weighted by Crippen LogP contribution is 2.28. The molecule has 1 aliphatic heterocycles. The fourth-order valence-electron chi connectivity index (χ4n) is 3.15. The molecule has 0 fully saturated rings. The maximum Gasteiger partial charge on any atom is 0.326 e. The molecule has 32 heavy (non-hydrogen) atoms. The van der Waals surface area contributed by atoms with Gasteiger partial charge in [0.05, 0.1) is 9.88 Å². The van der Waals surface area contributed by atoms with Gasteiger partial charge < -0.3 is 25.7 Å². The number of rotatable bonds is 8. The number of carbonyl (C=O) groups excluding carboxylic acids is 2. The van der Waals surface area contributed by atoms with Crippen molar-refractivity contribution in [1.29, 1.82) is 0 Å². The summed E-state index contributed by atoms with van der Waals surface area (Å²) >= 11 is 1.01. The maximum absolute atomic E-state index is 13.1. The van der Waals surface area contributed by atoms with Gasteiger partial charge in [-0.1, -0.05) is 18.2 Å². The molecule has 1 aromatic carbocycles. The van der Waals surface area contributed by atoms with Crippen LogP contribution >= 0.6 is 11.3 Å². The molecule has 1 aromatic heterocycles. The van der Waals surface area contributed by atoms with Crippen LogP contribution in [-0.2, 0) is 14.4 Å². The van der Waals surface area contributed by atoms with E-state index in [1.807, 2.05) is 25.1 Å². The van der Waals surface area contributed by atoms with Gasteiger partial charge >= 0.3 is 11.9 Å². The molecule has 2 aromatic rings. The molecule has 0 saturated heterocycles. The fourth-order valence-corrected chi connectivity index (χ4v) is 4.02. The summed E-state index contributed by atoms with van der Waals surface area (Å²) in [6.07, 6.45) is -0.903. The molecule has 168 valence electrons. The van der Waals surface area contributed by atoms with Gasteiger partial charge in [-0.2, -0.15) is 0 Å². The van der Waals surface area contributed by atoms with Crippen LogP contribution in [0.5, 0.6) is 0 Å². The Kier molecular flexibility index (Phi) is 6.89. The standard InChI is InChI=1S/C21H22N4O6S/c1-11-22-13-6-4-3-5-12(13)18(23-11)20(29)25(2)16-9-8-15(32-16)19(28)24-14(21(30)31)7-10-17(26)27/h3-6,8-9,11,14,22H,7,10H2,1-2H3,(H,24,28)(H,26,27)(H,30,31)/t11?,14-/m0/s1. The minimum absolute atomic E-state index is 0.197. The summed E-state index contributed by atoms with van der Waals surface area (Å²) in [7, 11) is 1.57. The smallest absolute Gasteiger partial charge is 0.326 e.